The summed E-state index contributed by atoms with van der Waals surface area (Å²) in [7, 11) is 3.19. The third kappa shape index (κ3) is 3.42. The van der Waals surface area contributed by atoms with E-state index in [0.717, 1.165) is 16.6 Å². The van der Waals surface area contributed by atoms with Gasteiger partial charge in [0.15, 0.2) is 11.5 Å². The van der Waals surface area contributed by atoms with Gasteiger partial charge in [-0.15, -0.1) is 0 Å². The molecule has 5 heteroatoms. The van der Waals surface area contributed by atoms with Crippen LogP contribution >= 0.6 is 15.9 Å². The Kier molecular flexibility index (Phi) is 5.24. The Balaban J connectivity index is 2.14. The van der Waals surface area contributed by atoms with Gasteiger partial charge in [0.2, 0.25) is 0 Å². The molecule has 1 aromatic heterocycles. The van der Waals surface area contributed by atoms with Crippen LogP contribution in [-0.4, -0.2) is 19.2 Å². The van der Waals surface area contributed by atoms with E-state index in [4.69, 9.17) is 14.2 Å². The lowest BCUT2D eigenvalue weighted by atomic mass is 10.2. The van der Waals surface area contributed by atoms with E-state index in [9.17, 15) is 0 Å². The molecule has 106 valence electrons. The Bertz CT molecular complexity index is 575. The molecule has 0 aliphatic rings. The SMILES string of the molecule is COc1ccnc(COc2cccc(CBr)c2)c1OC. The first kappa shape index (κ1) is 14.7. The summed E-state index contributed by atoms with van der Waals surface area (Å²) in [5, 5.41) is 0.797. The smallest absolute Gasteiger partial charge is 0.185 e. The summed E-state index contributed by atoms with van der Waals surface area (Å²) in [5.41, 5.74) is 1.86. The molecule has 2 aromatic rings. The third-order valence-corrected chi connectivity index (χ3v) is 3.44. The summed E-state index contributed by atoms with van der Waals surface area (Å²) >= 11 is 3.42. The van der Waals surface area contributed by atoms with Crippen molar-refractivity contribution in [2.24, 2.45) is 0 Å². The third-order valence-electron chi connectivity index (χ3n) is 2.79. The summed E-state index contributed by atoms with van der Waals surface area (Å²) in [4.78, 5) is 4.28. The number of alkyl halides is 1. The number of aromatic nitrogens is 1. The molecule has 0 radical (unpaired) electrons. The molecule has 4 nitrogen and oxygen atoms in total. The molecule has 0 spiro atoms. The predicted molar refractivity (Wildman–Crippen MR) is 80.7 cm³/mol. The Morgan fingerprint density at radius 3 is 2.70 bits per heavy atom. The molecule has 20 heavy (non-hydrogen) atoms. The van der Waals surface area contributed by atoms with Crippen LogP contribution in [0.1, 0.15) is 11.3 Å². The van der Waals surface area contributed by atoms with Crippen molar-refractivity contribution >= 4 is 15.9 Å². The molecule has 0 amide bonds. The zero-order chi connectivity index (χ0) is 14.4. The maximum atomic E-state index is 5.76. The summed E-state index contributed by atoms with van der Waals surface area (Å²) in [6.45, 7) is 0.326. The van der Waals surface area contributed by atoms with Gasteiger partial charge in [0.25, 0.3) is 0 Å². The van der Waals surface area contributed by atoms with Gasteiger partial charge in [-0.25, -0.2) is 0 Å². The second-order valence-electron chi connectivity index (χ2n) is 4.06. The number of hydrogen-bond donors (Lipinski definition) is 0. The molecule has 0 saturated carbocycles. The Hall–Kier alpha value is -1.75. The molecule has 0 fully saturated rings. The van der Waals surface area contributed by atoms with Crippen molar-refractivity contribution in [1.29, 1.82) is 0 Å². The Morgan fingerprint density at radius 1 is 1.15 bits per heavy atom. The van der Waals surface area contributed by atoms with Crippen LogP contribution in [0.4, 0.5) is 0 Å². The number of nitrogens with zero attached hydrogens (tertiary/aromatic N) is 1. The zero-order valence-corrected chi connectivity index (χ0v) is 13.0. The summed E-state index contributed by atoms with van der Waals surface area (Å²) < 4.78 is 16.3. The van der Waals surface area contributed by atoms with Crippen molar-refractivity contribution in [3.8, 4) is 17.2 Å². The van der Waals surface area contributed by atoms with E-state index < -0.39 is 0 Å². The van der Waals surface area contributed by atoms with E-state index in [0.29, 0.717) is 23.8 Å². The number of hydrogen-bond acceptors (Lipinski definition) is 4. The fourth-order valence-electron chi connectivity index (χ4n) is 1.82. The van der Waals surface area contributed by atoms with Crippen molar-refractivity contribution in [2.45, 2.75) is 11.9 Å². The molecule has 0 N–H and O–H groups in total. The minimum atomic E-state index is 0.326. The number of methoxy groups -OCH3 is 2. The van der Waals surface area contributed by atoms with Crippen molar-refractivity contribution in [1.82, 2.24) is 4.98 Å². The average Bonchev–Trinajstić information content (AvgIpc) is 2.52. The van der Waals surface area contributed by atoms with Crippen LogP contribution in [0, 0.1) is 0 Å². The molecule has 0 unspecified atom stereocenters. The van der Waals surface area contributed by atoms with Crippen molar-refractivity contribution in [3.63, 3.8) is 0 Å². The summed E-state index contributed by atoms with van der Waals surface area (Å²) in [6.07, 6.45) is 1.68. The average molecular weight is 338 g/mol. The Morgan fingerprint density at radius 2 is 2.00 bits per heavy atom. The van der Waals surface area contributed by atoms with E-state index in [1.165, 1.54) is 0 Å². The van der Waals surface area contributed by atoms with Gasteiger partial charge in [-0.2, -0.15) is 0 Å². The topological polar surface area (TPSA) is 40.6 Å². The molecule has 0 aliphatic heterocycles. The van der Waals surface area contributed by atoms with Gasteiger partial charge in [0.05, 0.1) is 14.2 Å². The first-order chi connectivity index (χ1) is 9.78. The standard InChI is InChI=1S/C15H16BrNO3/c1-18-14-6-7-17-13(15(14)19-2)10-20-12-5-3-4-11(8-12)9-16/h3-8H,9-10H2,1-2H3. The van der Waals surface area contributed by atoms with Gasteiger partial charge < -0.3 is 14.2 Å². The Labute approximate surface area is 126 Å². The number of halogens is 1. The second kappa shape index (κ2) is 7.14. The lowest BCUT2D eigenvalue weighted by molar-refractivity contribution is 0.284. The predicted octanol–water partition coefficient (Wildman–Crippen LogP) is 3.57. The second-order valence-corrected chi connectivity index (χ2v) is 4.62. The molecule has 2 rings (SSSR count). The van der Waals surface area contributed by atoms with Crippen LogP contribution in [0.5, 0.6) is 17.2 Å². The van der Waals surface area contributed by atoms with Crippen molar-refractivity contribution in [3.05, 3.63) is 47.8 Å². The highest BCUT2D eigenvalue weighted by Gasteiger charge is 2.11. The fraction of sp³-hybridized carbons (Fsp3) is 0.267. The number of rotatable bonds is 6. The quantitative estimate of drug-likeness (QED) is 0.755. The summed E-state index contributed by atoms with van der Waals surface area (Å²) in [5.74, 6) is 2.05. The first-order valence-corrected chi connectivity index (χ1v) is 7.24. The molecule has 1 aromatic carbocycles. The zero-order valence-electron chi connectivity index (χ0n) is 11.4. The van der Waals surface area contributed by atoms with Crippen molar-refractivity contribution < 1.29 is 14.2 Å². The van der Waals surface area contributed by atoms with E-state index in [1.807, 2.05) is 24.3 Å². The van der Waals surface area contributed by atoms with Crippen LogP contribution in [0.2, 0.25) is 0 Å². The van der Waals surface area contributed by atoms with Crippen molar-refractivity contribution in [2.75, 3.05) is 14.2 Å². The largest absolute Gasteiger partial charge is 0.493 e. The number of pyridine rings is 1. The van der Waals surface area contributed by atoms with Gasteiger partial charge in [0.1, 0.15) is 18.1 Å². The monoisotopic (exact) mass is 337 g/mol. The molecular weight excluding hydrogens is 322 g/mol. The lowest BCUT2D eigenvalue weighted by Crippen LogP contribution is -2.03. The number of benzene rings is 1. The maximum Gasteiger partial charge on any atom is 0.185 e. The molecule has 1 heterocycles. The van der Waals surface area contributed by atoms with Crippen LogP contribution in [-0.2, 0) is 11.9 Å². The highest BCUT2D eigenvalue weighted by Crippen LogP contribution is 2.29. The normalized spacial score (nSPS) is 10.2. The number of ether oxygens (including phenoxy) is 3. The highest BCUT2D eigenvalue weighted by atomic mass is 79.9. The van der Waals surface area contributed by atoms with Gasteiger partial charge in [-0.05, 0) is 17.7 Å². The van der Waals surface area contributed by atoms with Gasteiger partial charge in [-0.1, -0.05) is 28.1 Å². The minimum absolute atomic E-state index is 0.326. The first-order valence-electron chi connectivity index (χ1n) is 6.12. The molecule has 0 bridgehead atoms. The van der Waals surface area contributed by atoms with Gasteiger partial charge in [0, 0.05) is 17.6 Å². The highest BCUT2D eigenvalue weighted by molar-refractivity contribution is 9.08. The molecular formula is C15H16BrNO3. The molecule has 0 aliphatic carbocycles. The fourth-order valence-corrected chi connectivity index (χ4v) is 2.17. The minimum Gasteiger partial charge on any atom is -0.493 e. The van der Waals surface area contributed by atoms with E-state index in [2.05, 4.69) is 20.9 Å². The van der Waals surface area contributed by atoms with Crippen LogP contribution < -0.4 is 14.2 Å². The molecule has 0 saturated heterocycles. The van der Waals surface area contributed by atoms with Gasteiger partial charge in [-0.3, -0.25) is 4.98 Å². The van der Waals surface area contributed by atoms with Crippen LogP contribution in [0.3, 0.4) is 0 Å². The van der Waals surface area contributed by atoms with Crippen LogP contribution in [0.25, 0.3) is 0 Å². The molecule has 0 atom stereocenters. The van der Waals surface area contributed by atoms with E-state index in [-0.39, 0.29) is 0 Å². The maximum absolute atomic E-state index is 5.76. The lowest BCUT2D eigenvalue weighted by Gasteiger charge is -2.12. The summed E-state index contributed by atoms with van der Waals surface area (Å²) in [6, 6.07) is 9.65. The van der Waals surface area contributed by atoms with E-state index in [1.54, 1.807) is 26.5 Å². The van der Waals surface area contributed by atoms with E-state index >= 15 is 0 Å². The van der Waals surface area contributed by atoms with Crippen LogP contribution in [0.15, 0.2) is 36.5 Å². The van der Waals surface area contributed by atoms with Gasteiger partial charge >= 0.3 is 0 Å².